The highest BCUT2D eigenvalue weighted by Gasteiger charge is 2.56. The molecule has 1 N–H and O–H groups in total. The molecule has 2 unspecified atom stereocenters. The number of aliphatic carboxylic acids is 1. The molecule has 0 saturated heterocycles. The van der Waals surface area contributed by atoms with E-state index in [-0.39, 0.29) is 11.3 Å². The van der Waals surface area contributed by atoms with Gasteiger partial charge in [0.1, 0.15) is 0 Å². The van der Waals surface area contributed by atoms with Crippen LogP contribution in [0, 0.1) is 5.92 Å². The van der Waals surface area contributed by atoms with E-state index in [4.69, 9.17) is 16.7 Å². The highest BCUT2D eigenvalue weighted by atomic mass is 79.9. The minimum Gasteiger partial charge on any atom is -0.481 e. The van der Waals surface area contributed by atoms with Crippen LogP contribution < -0.4 is 0 Å². The molecule has 1 aromatic carbocycles. The smallest absolute Gasteiger partial charge is 0.307 e. The number of carbonyl (C=O) groups is 1. The lowest BCUT2D eigenvalue weighted by molar-refractivity contribution is -0.138. The Labute approximate surface area is 101 Å². The Morgan fingerprint density at radius 1 is 1.67 bits per heavy atom. The van der Waals surface area contributed by atoms with Gasteiger partial charge in [-0.25, -0.2) is 0 Å². The second-order valence-corrected chi connectivity index (χ2v) is 5.46. The van der Waals surface area contributed by atoms with Crippen molar-refractivity contribution >= 4 is 33.5 Å². The molecule has 0 bridgehead atoms. The van der Waals surface area contributed by atoms with Crippen LogP contribution in [0.1, 0.15) is 18.9 Å². The van der Waals surface area contributed by atoms with Crippen molar-refractivity contribution in [3.8, 4) is 0 Å². The molecule has 0 amide bonds. The van der Waals surface area contributed by atoms with Crippen molar-refractivity contribution in [3.63, 3.8) is 0 Å². The van der Waals surface area contributed by atoms with Crippen LogP contribution in [-0.2, 0) is 10.2 Å². The molecular formula is C11H10BrClO2. The summed E-state index contributed by atoms with van der Waals surface area (Å²) in [5, 5.41) is 9.58. The first kappa shape index (κ1) is 11.0. The molecule has 1 aromatic rings. The van der Waals surface area contributed by atoms with E-state index in [2.05, 4.69) is 15.9 Å². The van der Waals surface area contributed by atoms with Crippen LogP contribution >= 0.6 is 27.5 Å². The number of hydrogen-bond acceptors (Lipinski definition) is 1. The molecule has 15 heavy (non-hydrogen) atoms. The quantitative estimate of drug-likeness (QED) is 0.905. The highest BCUT2D eigenvalue weighted by molar-refractivity contribution is 9.10. The van der Waals surface area contributed by atoms with Gasteiger partial charge in [-0.3, -0.25) is 4.79 Å². The van der Waals surface area contributed by atoms with Gasteiger partial charge in [0.25, 0.3) is 0 Å². The first-order valence-corrected chi connectivity index (χ1v) is 5.80. The third kappa shape index (κ3) is 1.79. The maximum absolute atomic E-state index is 10.9. The summed E-state index contributed by atoms with van der Waals surface area (Å²) in [5.41, 5.74) is 0.642. The van der Waals surface area contributed by atoms with Crippen LogP contribution in [0.25, 0.3) is 0 Å². The fourth-order valence-corrected chi connectivity index (χ4v) is 2.86. The zero-order valence-corrected chi connectivity index (χ0v) is 10.5. The van der Waals surface area contributed by atoms with Gasteiger partial charge in [0.2, 0.25) is 0 Å². The van der Waals surface area contributed by atoms with Crippen molar-refractivity contribution in [2.24, 2.45) is 5.92 Å². The van der Waals surface area contributed by atoms with Gasteiger partial charge in [0.15, 0.2) is 0 Å². The van der Waals surface area contributed by atoms with Crippen LogP contribution in [-0.4, -0.2) is 11.1 Å². The van der Waals surface area contributed by atoms with Crippen molar-refractivity contribution < 1.29 is 9.90 Å². The largest absolute Gasteiger partial charge is 0.481 e. The van der Waals surface area contributed by atoms with Gasteiger partial charge in [0.05, 0.1) is 5.92 Å². The van der Waals surface area contributed by atoms with Crippen LogP contribution in [0.2, 0.25) is 5.02 Å². The molecule has 1 aliphatic rings. The van der Waals surface area contributed by atoms with Crippen molar-refractivity contribution in [2.75, 3.05) is 0 Å². The Morgan fingerprint density at radius 2 is 2.33 bits per heavy atom. The Hall–Kier alpha value is -0.540. The van der Waals surface area contributed by atoms with E-state index in [1.165, 1.54) is 0 Å². The average molecular weight is 290 g/mol. The molecule has 0 aliphatic heterocycles. The lowest BCUT2D eigenvalue weighted by atomic mass is 9.95. The van der Waals surface area contributed by atoms with Gasteiger partial charge in [-0.2, -0.15) is 0 Å². The summed E-state index contributed by atoms with van der Waals surface area (Å²) in [6.45, 7) is 1.95. The maximum Gasteiger partial charge on any atom is 0.307 e. The zero-order chi connectivity index (χ0) is 11.2. The lowest BCUT2D eigenvalue weighted by Crippen LogP contribution is -2.11. The van der Waals surface area contributed by atoms with Gasteiger partial charge in [-0.15, -0.1) is 0 Å². The summed E-state index contributed by atoms with van der Waals surface area (Å²) < 4.78 is 0.910. The summed E-state index contributed by atoms with van der Waals surface area (Å²) in [7, 11) is 0. The lowest BCUT2D eigenvalue weighted by Gasteiger charge is -2.12. The predicted octanol–water partition coefficient (Wildman–Crippen LogP) is 3.46. The summed E-state index contributed by atoms with van der Waals surface area (Å²) in [6.07, 6.45) is 0.670. The molecule has 0 aromatic heterocycles. The molecular weight excluding hydrogens is 279 g/mol. The summed E-state index contributed by atoms with van der Waals surface area (Å²) in [4.78, 5) is 10.9. The summed E-state index contributed by atoms with van der Waals surface area (Å²) in [5.74, 6) is -1.03. The summed E-state index contributed by atoms with van der Waals surface area (Å²) in [6, 6.07) is 5.60. The standard InChI is InChI=1S/C11H10BrClO2/c1-11(5-8(11)10(14)15)7-3-2-6(12)4-9(7)13/h2-4,8H,5H2,1H3,(H,14,15). The minimum atomic E-state index is -0.739. The van der Waals surface area contributed by atoms with Gasteiger partial charge in [0, 0.05) is 14.9 Å². The van der Waals surface area contributed by atoms with Gasteiger partial charge in [-0.1, -0.05) is 40.5 Å². The van der Waals surface area contributed by atoms with E-state index in [0.29, 0.717) is 11.4 Å². The maximum atomic E-state index is 10.9. The van der Waals surface area contributed by atoms with Crippen molar-refractivity contribution in [2.45, 2.75) is 18.8 Å². The van der Waals surface area contributed by atoms with Crippen LogP contribution in [0.4, 0.5) is 0 Å². The molecule has 2 rings (SSSR count). The normalized spacial score (nSPS) is 28.9. The number of halogens is 2. The Balaban J connectivity index is 2.36. The molecule has 1 aliphatic carbocycles. The van der Waals surface area contributed by atoms with E-state index in [0.717, 1.165) is 10.0 Å². The minimum absolute atomic E-state index is 0.288. The predicted molar refractivity (Wildman–Crippen MR) is 62.2 cm³/mol. The molecule has 0 heterocycles. The molecule has 2 nitrogen and oxygen atoms in total. The van der Waals surface area contributed by atoms with Crippen LogP contribution in [0.3, 0.4) is 0 Å². The fraction of sp³-hybridized carbons (Fsp3) is 0.364. The Kier molecular flexibility index (Phi) is 2.55. The Morgan fingerprint density at radius 3 is 2.80 bits per heavy atom. The second kappa shape index (κ2) is 3.49. The van der Waals surface area contributed by atoms with E-state index >= 15 is 0 Å². The van der Waals surface area contributed by atoms with Crippen LogP contribution in [0.5, 0.6) is 0 Å². The molecule has 4 heteroatoms. The average Bonchev–Trinajstić information content (AvgIpc) is 2.78. The molecule has 0 spiro atoms. The third-order valence-corrected chi connectivity index (χ3v) is 3.89. The third-order valence-electron chi connectivity index (χ3n) is 3.08. The van der Waals surface area contributed by atoms with Crippen molar-refractivity contribution in [3.05, 3.63) is 33.3 Å². The number of rotatable bonds is 2. The number of carboxylic acid groups (broad SMARTS) is 1. The molecule has 0 radical (unpaired) electrons. The second-order valence-electron chi connectivity index (χ2n) is 4.14. The zero-order valence-electron chi connectivity index (χ0n) is 8.13. The SMILES string of the molecule is CC1(c2ccc(Br)cc2Cl)CC1C(=O)O. The first-order valence-electron chi connectivity index (χ1n) is 4.63. The topological polar surface area (TPSA) is 37.3 Å². The van der Waals surface area contributed by atoms with Crippen molar-refractivity contribution in [1.82, 2.24) is 0 Å². The molecule has 1 fully saturated rings. The number of carboxylic acids is 1. The molecule has 2 atom stereocenters. The fourth-order valence-electron chi connectivity index (χ4n) is 1.98. The number of benzene rings is 1. The van der Waals surface area contributed by atoms with E-state index in [1.54, 1.807) is 6.07 Å². The van der Waals surface area contributed by atoms with E-state index in [1.807, 2.05) is 19.1 Å². The monoisotopic (exact) mass is 288 g/mol. The van der Waals surface area contributed by atoms with Crippen molar-refractivity contribution in [1.29, 1.82) is 0 Å². The van der Waals surface area contributed by atoms with Crippen LogP contribution in [0.15, 0.2) is 22.7 Å². The summed E-state index contributed by atoms with van der Waals surface area (Å²) >= 11 is 9.43. The Bertz CT molecular complexity index is 433. The molecule has 80 valence electrons. The first-order chi connectivity index (χ1) is 6.95. The van der Waals surface area contributed by atoms with Gasteiger partial charge >= 0.3 is 5.97 Å². The van der Waals surface area contributed by atoms with E-state index < -0.39 is 5.97 Å². The van der Waals surface area contributed by atoms with Gasteiger partial charge in [-0.05, 0) is 24.1 Å². The molecule has 1 saturated carbocycles. The van der Waals surface area contributed by atoms with Gasteiger partial charge < -0.3 is 5.11 Å². The highest BCUT2D eigenvalue weighted by Crippen LogP contribution is 2.55. The number of hydrogen-bond donors (Lipinski definition) is 1. The van der Waals surface area contributed by atoms with E-state index in [9.17, 15) is 4.79 Å².